The van der Waals surface area contributed by atoms with E-state index in [2.05, 4.69) is 41.5 Å². The summed E-state index contributed by atoms with van der Waals surface area (Å²) in [6.45, 7) is -0.738. The van der Waals surface area contributed by atoms with Gasteiger partial charge in [-0.05, 0) is 43.5 Å². The molecule has 314 valence electrons. The summed E-state index contributed by atoms with van der Waals surface area (Å²) in [6, 6.07) is 1.27. The molecule has 3 unspecified atom stereocenters. The van der Waals surface area contributed by atoms with Gasteiger partial charge < -0.3 is 70.2 Å². The Morgan fingerprint density at radius 1 is 0.741 bits per heavy atom. The molecular weight excluding hydrogens is 770 g/mol. The van der Waals surface area contributed by atoms with E-state index in [-0.39, 0.29) is 68.4 Å². The van der Waals surface area contributed by atoms with Crippen molar-refractivity contribution in [1.82, 2.24) is 36.6 Å². The number of carbonyl (C=O) groups is 9. The molecule has 25 heteroatoms. The molecule has 2 aromatic rings. The van der Waals surface area contributed by atoms with Crippen LogP contribution in [0.2, 0.25) is 0 Å². The van der Waals surface area contributed by atoms with Crippen LogP contribution in [0.3, 0.4) is 0 Å². The summed E-state index contributed by atoms with van der Waals surface area (Å²) in [7, 11) is 0. The number of nitrogens with one attached hydrogen (secondary N) is 6. The summed E-state index contributed by atoms with van der Waals surface area (Å²) in [5.74, 6) is -10.3. The number of rotatable bonds is 25. The Labute approximate surface area is 329 Å². The van der Waals surface area contributed by atoms with Gasteiger partial charge in [-0.1, -0.05) is 0 Å². The number of carboxylic acids is 3. The zero-order valence-corrected chi connectivity index (χ0v) is 30.9. The fraction of sp³-hybridized carbons (Fsp3) is 0.394. The molecule has 58 heavy (non-hydrogen) atoms. The third kappa shape index (κ3) is 17.2. The number of nitrogen functional groups attached to an aromatic ring is 1. The van der Waals surface area contributed by atoms with Crippen LogP contribution in [-0.4, -0.2) is 122 Å². The summed E-state index contributed by atoms with van der Waals surface area (Å²) in [5, 5.41) is 41.8. The molecule has 6 amide bonds. The zero-order chi connectivity index (χ0) is 43.4. The van der Waals surface area contributed by atoms with Gasteiger partial charge in [0.2, 0.25) is 23.6 Å². The Bertz CT molecular complexity index is 1870. The summed E-state index contributed by atoms with van der Waals surface area (Å²) in [5.41, 5.74) is 22.6. The molecule has 0 saturated heterocycles. The average molecular weight is 816 g/mol. The molecule has 0 aliphatic rings. The maximum Gasteiger partial charge on any atom is 0.322 e. The predicted octanol–water partition coefficient (Wildman–Crippen LogP) is -4.06. The minimum atomic E-state index is -1.77. The van der Waals surface area contributed by atoms with Crippen molar-refractivity contribution in [3.8, 4) is 0 Å². The first-order valence-corrected chi connectivity index (χ1v) is 17.3. The topological polar surface area (TPSA) is 429 Å². The third-order valence-corrected chi connectivity index (χ3v) is 7.61. The fourth-order valence-electron chi connectivity index (χ4n) is 4.82. The number of hydrogen-bond acceptors (Lipinski definition) is 14. The smallest absolute Gasteiger partial charge is 0.322 e. The number of carbonyl (C=O) groups excluding carboxylic acids is 6. The van der Waals surface area contributed by atoms with Gasteiger partial charge in [0, 0.05) is 30.8 Å². The monoisotopic (exact) mass is 815 g/mol. The first-order chi connectivity index (χ1) is 27.4. The van der Waals surface area contributed by atoms with Crippen molar-refractivity contribution in [2.75, 3.05) is 30.7 Å². The number of guanidine groups is 1. The molecule has 2 rings (SSSR count). The fourth-order valence-corrected chi connectivity index (χ4v) is 4.82. The average Bonchev–Trinajstić information content (AvgIpc) is 3.15. The molecule has 25 nitrogen and oxygen atoms in total. The summed E-state index contributed by atoms with van der Waals surface area (Å²) in [6.07, 6.45) is -0.856. The number of carboxylic acid groups (broad SMARTS) is 3. The van der Waals surface area contributed by atoms with Gasteiger partial charge in [-0.15, -0.1) is 0 Å². The SMILES string of the molecule is NC(=O)c1nc(CNc2ccc(C(=O)NCCCC(=O)NC(CC(=O)O)C(=O)NC(CCCN=C(N)N)C(=O)NC(CC(=O)O)C(=O)NCC(=O)O)cc2)cnc1N. The van der Waals surface area contributed by atoms with Crippen LogP contribution in [0.5, 0.6) is 0 Å². The number of hydrogen-bond donors (Lipinski definition) is 13. The van der Waals surface area contributed by atoms with Gasteiger partial charge in [0.1, 0.15) is 24.7 Å². The van der Waals surface area contributed by atoms with Crippen LogP contribution in [0, 0.1) is 0 Å². The molecular formula is C33H45N13O12. The standard InChI is InChI=1S/C33H45N13O12/c34-27-26(28(35)54)43-18(14-41-27)13-40-17-7-5-16(6-8-17)29(55)38-9-2-4-22(47)44-21(12-24(50)51)32(58)45-19(3-1-10-39-33(36)37)31(57)46-20(11-23(48)49)30(56)42-15-25(52)53/h5-8,14,19-21,40H,1-4,9-13,15H2,(H2,34,41)(H2,35,54)(H,38,55)(H,42,56)(H,44,47)(H,45,58)(H,46,57)(H,48,49)(H,50,51)(H,52,53)(H4,36,37,39). The van der Waals surface area contributed by atoms with Crippen molar-refractivity contribution in [3.63, 3.8) is 0 Å². The van der Waals surface area contributed by atoms with Crippen molar-refractivity contribution >= 4 is 70.8 Å². The number of amides is 6. The number of primary amides is 1. The lowest BCUT2D eigenvalue weighted by Crippen LogP contribution is -2.57. The van der Waals surface area contributed by atoms with Crippen LogP contribution < -0.4 is 54.8 Å². The first kappa shape index (κ1) is 46.6. The zero-order valence-electron chi connectivity index (χ0n) is 30.9. The summed E-state index contributed by atoms with van der Waals surface area (Å²) < 4.78 is 0. The lowest BCUT2D eigenvalue weighted by molar-refractivity contribution is -0.141. The molecule has 0 saturated carbocycles. The lowest BCUT2D eigenvalue weighted by atomic mass is 10.1. The summed E-state index contributed by atoms with van der Waals surface area (Å²) in [4.78, 5) is 121. The number of anilines is 2. The minimum absolute atomic E-state index is 0.00957. The third-order valence-electron chi connectivity index (χ3n) is 7.61. The molecule has 1 heterocycles. The van der Waals surface area contributed by atoms with Gasteiger partial charge in [0.25, 0.3) is 11.8 Å². The lowest BCUT2D eigenvalue weighted by Gasteiger charge is -2.24. The Balaban J connectivity index is 1.99. The van der Waals surface area contributed by atoms with Crippen LogP contribution >= 0.6 is 0 Å². The van der Waals surface area contributed by atoms with Crippen molar-refractivity contribution in [2.24, 2.45) is 22.2 Å². The van der Waals surface area contributed by atoms with Gasteiger partial charge >= 0.3 is 17.9 Å². The molecule has 0 bridgehead atoms. The number of nitrogens with two attached hydrogens (primary N) is 4. The van der Waals surface area contributed by atoms with E-state index in [4.69, 9.17) is 28.0 Å². The Morgan fingerprint density at radius 3 is 1.93 bits per heavy atom. The maximum atomic E-state index is 13.2. The van der Waals surface area contributed by atoms with Crippen LogP contribution in [0.1, 0.15) is 65.1 Å². The highest BCUT2D eigenvalue weighted by Gasteiger charge is 2.31. The number of nitrogens with zero attached hydrogens (tertiary/aromatic N) is 3. The van der Waals surface area contributed by atoms with E-state index in [9.17, 15) is 53.4 Å². The van der Waals surface area contributed by atoms with Crippen molar-refractivity contribution in [1.29, 1.82) is 0 Å². The molecule has 0 spiro atoms. The van der Waals surface area contributed by atoms with Gasteiger partial charge in [-0.25, -0.2) is 9.97 Å². The van der Waals surface area contributed by atoms with E-state index >= 15 is 0 Å². The van der Waals surface area contributed by atoms with Crippen LogP contribution in [0.15, 0.2) is 35.5 Å². The van der Waals surface area contributed by atoms with Crippen LogP contribution in [0.25, 0.3) is 0 Å². The van der Waals surface area contributed by atoms with E-state index in [1.54, 1.807) is 12.1 Å². The minimum Gasteiger partial charge on any atom is -0.481 e. The van der Waals surface area contributed by atoms with E-state index in [1.165, 1.54) is 18.3 Å². The highest BCUT2D eigenvalue weighted by atomic mass is 16.4. The van der Waals surface area contributed by atoms with Gasteiger partial charge in [-0.2, -0.15) is 0 Å². The van der Waals surface area contributed by atoms with Crippen molar-refractivity contribution < 1.29 is 58.5 Å². The second-order valence-corrected chi connectivity index (χ2v) is 12.2. The van der Waals surface area contributed by atoms with Gasteiger partial charge in [-0.3, -0.25) is 48.1 Å². The maximum absolute atomic E-state index is 13.2. The molecule has 1 aromatic heterocycles. The number of aliphatic carboxylic acids is 3. The van der Waals surface area contributed by atoms with E-state index in [0.29, 0.717) is 11.4 Å². The highest BCUT2D eigenvalue weighted by molar-refractivity contribution is 5.97. The van der Waals surface area contributed by atoms with Crippen molar-refractivity contribution in [3.05, 3.63) is 47.4 Å². The van der Waals surface area contributed by atoms with E-state index in [0.717, 1.165) is 0 Å². The number of benzene rings is 1. The second kappa shape index (κ2) is 23.3. The van der Waals surface area contributed by atoms with Gasteiger partial charge in [0.15, 0.2) is 17.5 Å². The molecule has 0 aliphatic carbocycles. The molecule has 3 atom stereocenters. The molecule has 0 aliphatic heterocycles. The first-order valence-electron chi connectivity index (χ1n) is 17.3. The molecule has 0 fully saturated rings. The largest absolute Gasteiger partial charge is 0.481 e. The van der Waals surface area contributed by atoms with E-state index in [1.807, 2.05) is 5.32 Å². The predicted molar refractivity (Wildman–Crippen MR) is 201 cm³/mol. The second-order valence-electron chi connectivity index (χ2n) is 12.2. The molecule has 0 radical (unpaired) electrons. The number of aliphatic imine (C=N–C) groups is 1. The number of aromatic nitrogens is 2. The highest BCUT2D eigenvalue weighted by Crippen LogP contribution is 2.12. The van der Waals surface area contributed by atoms with Crippen molar-refractivity contribution in [2.45, 2.75) is 63.2 Å². The Kier molecular flexibility index (Phi) is 18.7. The summed E-state index contributed by atoms with van der Waals surface area (Å²) >= 11 is 0. The Morgan fingerprint density at radius 2 is 1.34 bits per heavy atom. The Hall–Kier alpha value is -7.60. The molecule has 17 N–H and O–H groups in total. The van der Waals surface area contributed by atoms with Crippen LogP contribution in [0.4, 0.5) is 11.5 Å². The van der Waals surface area contributed by atoms with Crippen LogP contribution in [-0.2, 0) is 40.1 Å². The van der Waals surface area contributed by atoms with E-state index < -0.39 is 90.9 Å². The van der Waals surface area contributed by atoms with Gasteiger partial charge in [0.05, 0.1) is 31.3 Å². The molecule has 1 aromatic carbocycles. The quantitative estimate of drug-likeness (QED) is 0.0257. The normalized spacial score (nSPS) is 12.0.